The summed E-state index contributed by atoms with van der Waals surface area (Å²) in [5.41, 5.74) is 5.76. The number of hydrogen-bond acceptors (Lipinski definition) is 4. The first-order valence-corrected chi connectivity index (χ1v) is 7.63. The minimum absolute atomic E-state index is 0.00361. The van der Waals surface area contributed by atoms with Crippen LogP contribution in [0.25, 0.3) is 0 Å². The highest BCUT2D eigenvalue weighted by Crippen LogP contribution is 2.23. The Bertz CT molecular complexity index is 498. The Morgan fingerprint density at radius 2 is 1.77 bits per heavy atom. The van der Waals surface area contributed by atoms with Gasteiger partial charge in [0.15, 0.2) is 0 Å². The van der Waals surface area contributed by atoms with Gasteiger partial charge in [0, 0.05) is 18.6 Å². The number of nitrogens with one attached hydrogen (secondary N) is 1. The minimum atomic E-state index is -0.552. The van der Waals surface area contributed by atoms with Gasteiger partial charge in [-0.05, 0) is 50.9 Å². The molecule has 0 radical (unpaired) electrons. The Hall–Kier alpha value is -1.95. The number of unbranched alkanes of at least 4 members (excludes halogenated alkanes) is 3. The summed E-state index contributed by atoms with van der Waals surface area (Å²) in [5, 5.41) is 13.6. The predicted molar refractivity (Wildman–Crippen MR) is 86.4 cm³/mol. The van der Waals surface area contributed by atoms with Crippen LogP contribution >= 0.6 is 0 Å². The van der Waals surface area contributed by atoms with Gasteiger partial charge in [0.25, 0.3) is 5.69 Å². The van der Waals surface area contributed by atoms with Crippen LogP contribution in [0.4, 0.5) is 5.69 Å². The highest BCUT2D eigenvalue weighted by atomic mass is 16.6. The molecule has 3 N–H and O–H groups in total. The van der Waals surface area contributed by atoms with Gasteiger partial charge in [-0.1, -0.05) is 12.8 Å². The molecule has 122 valence electrons. The zero-order valence-corrected chi connectivity index (χ0v) is 13.3. The van der Waals surface area contributed by atoms with E-state index in [0.717, 1.165) is 31.2 Å². The molecule has 0 bridgehead atoms. The second-order valence-corrected chi connectivity index (χ2v) is 5.93. The van der Waals surface area contributed by atoms with Gasteiger partial charge in [-0.3, -0.25) is 14.9 Å². The molecule has 1 amide bonds. The second-order valence-electron chi connectivity index (χ2n) is 5.93. The molecule has 0 aromatic heterocycles. The van der Waals surface area contributed by atoms with Crippen molar-refractivity contribution in [1.29, 1.82) is 0 Å². The van der Waals surface area contributed by atoms with Gasteiger partial charge in [0.1, 0.15) is 0 Å². The number of benzene rings is 1. The molecule has 0 saturated carbocycles. The maximum atomic E-state index is 12.0. The van der Waals surface area contributed by atoms with E-state index in [2.05, 4.69) is 5.32 Å². The number of rotatable bonds is 9. The molecule has 0 fully saturated rings. The zero-order chi connectivity index (χ0) is 16.6. The number of amides is 1. The molecule has 0 aliphatic rings. The van der Waals surface area contributed by atoms with Crippen LogP contribution in [0.15, 0.2) is 24.3 Å². The maximum Gasteiger partial charge on any atom is 0.269 e. The fourth-order valence-electron chi connectivity index (χ4n) is 2.27. The van der Waals surface area contributed by atoms with E-state index in [1.807, 2.05) is 13.8 Å². The minimum Gasteiger partial charge on any atom is -0.347 e. The van der Waals surface area contributed by atoms with Gasteiger partial charge < -0.3 is 11.1 Å². The van der Waals surface area contributed by atoms with Crippen molar-refractivity contribution in [3.05, 3.63) is 39.9 Å². The molecule has 1 rings (SSSR count). The molecule has 1 aromatic carbocycles. The van der Waals surface area contributed by atoms with Crippen molar-refractivity contribution in [2.45, 2.75) is 51.5 Å². The Balaban J connectivity index is 2.51. The van der Waals surface area contributed by atoms with E-state index in [-0.39, 0.29) is 11.6 Å². The van der Waals surface area contributed by atoms with Crippen molar-refractivity contribution in [3.63, 3.8) is 0 Å². The summed E-state index contributed by atoms with van der Waals surface area (Å²) < 4.78 is 0. The molecular formula is C16H25N3O3. The summed E-state index contributed by atoms with van der Waals surface area (Å²) >= 11 is 0. The van der Waals surface area contributed by atoms with E-state index in [0.29, 0.717) is 13.0 Å². The van der Waals surface area contributed by atoms with E-state index in [1.54, 1.807) is 12.1 Å². The number of nitrogens with two attached hydrogens (primary N) is 1. The standard InChI is InChI=1S/C16H25N3O3/c1-16(2,13-8-10-14(11-9-13)19(21)22)18-15(20)7-5-3-4-6-12-17/h8-11H,3-7,12,17H2,1-2H3,(H,18,20). The average molecular weight is 307 g/mol. The van der Waals surface area contributed by atoms with Crippen LogP contribution in [0, 0.1) is 10.1 Å². The molecule has 6 heteroatoms. The third-order valence-electron chi connectivity index (χ3n) is 3.61. The number of carbonyl (C=O) groups is 1. The number of carbonyl (C=O) groups excluding carboxylic acids is 1. The number of nitro groups is 1. The first-order chi connectivity index (χ1) is 10.4. The molecule has 0 unspecified atom stereocenters. The van der Waals surface area contributed by atoms with Crippen LogP contribution < -0.4 is 11.1 Å². The molecule has 6 nitrogen and oxygen atoms in total. The molecule has 0 aliphatic carbocycles. The SMILES string of the molecule is CC(C)(NC(=O)CCCCCCN)c1ccc([N+](=O)[O-])cc1. The van der Waals surface area contributed by atoms with Gasteiger partial charge in [-0.25, -0.2) is 0 Å². The third kappa shape index (κ3) is 5.81. The van der Waals surface area contributed by atoms with E-state index in [4.69, 9.17) is 5.73 Å². The van der Waals surface area contributed by atoms with Crippen LogP contribution in [0.3, 0.4) is 0 Å². The quantitative estimate of drug-likeness (QED) is 0.416. The largest absolute Gasteiger partial charge is 0.347 e. The van der Waals surface area contributed by atoms with Crippen LogP contribution in [0.1, 0.15) is 51.5 Å². The lowest BCUT2D eigenvalue weighted by Gasteiger charge is -2.27. The molecular weight excluding hydrogens is 282 g/mol. The van der Waals surface area contributed by atoms with Crippen molar-refractivity contribution in [2.75, 3.05) is 6.54 Å². The lowest BCUT2D eigenvalue weighted by molar-refractivity contribution is -0.384. The van der Waals surface area contributed by atoms with Gasteiger partial charge in [-0.15, -0.1) is 0 Å². The van der Waals surface area contributed by atoms with Crippen LogP contribution in [0.2, 0.25) is 0 Å². The molecule has 0 saturated heterocycles. The second kappa shape index (κ2) is 8.48. The highest BCUT2D eigenvalue weighted by Gasteiger charge is 2.23. The molecule has 0 aliphatic heterocycles. The Morgan fingerprint density at radius 3 is 2.32 bits per heavy atom. The van der Waals surface area contributed by atoms with Crippen molar-refractivity contribution in [2.24, 2.45) is 5.73 Å². The van der Waals surface area contributed by atoms with Gasteiger partial charge in [-0.2, -0.15) is 0 Å². The Labute approximate surface area is 131 Å². The molecule has 1 aromatic rings. The normalized spacial score (nSPS) is 11.2. The monoisotopic (exact) mass is 307 g/mol. The van der Waals surface area contributed by atoms with Crippen LogP contribution in [-0.4, -0.2) is 17.4 Å². The summed E-state index contributed by atoms with van der Waals surface area (Å²) in [5.74, 6) is -0.00361. The van der Waals surface area contributed by atoms with Crippen molar-refractivity contribution < 1.29 is 9.72 Å². The predicted octanol–water partition coefficient (Wildman–Crippen LogP) is 2.86. The van der Waals surface area contributed by atoms with Gasteiger partial charge in [0.2, 0.25) is 5.91 Å². The first kappa shape index (κ1) is 18.1. The summed E-state index contributed by atoms with van der Waals surface area (Å²) in [7, 11) is 0. The van der Waals surface area contributed by atoms with Crippen LogP contribution in [0.5, 0.6) is 0 Å². The molecule has 0 atom stereocenters. The summed E-state index contributed by atoms with van der Waals surface area (Å²) in [6.07, 6.45) is 4.39. The average Bonchev–Trinajstić information content (AvgIpc) is 2.46. The van der Waals surface area contributed by atoms with Crippen LogP contribution in [-0.2, 0) is 10.3 Å². The van der Waals surface area contributed by atoms with Crippen molar-refractivity contribution in [1.82, 2.24) is 5.32 Å². The number of nitrogens with zero attached hydrogens (tertiary/aromatic N) is 1. The molecule has 0 heterocycles. The summed E-state index contributed by atoms with van der Waals surface area (Å²) in [4.78, 5) is 22.2. The molecule has 22 heavy (non-hydrogen) atoms. The fraction of sp³-hybridized carbons (Fsp3) is 0.562. The van der Waals surface area contributed by atoms with Gasteiger partial charge in [0.05, 0.1) is 10.5 Å². The van der Waals surface area contributed by atoms with Gasteiger partial charge >= 0.3 is 0 Å². The van der Waals surface area contributed by atoms with Crippen molar-refractivity contribution in [3.8, 4) is 0 Å². The third-order valence-corrected chi connectivity index (χ3v) is 3.61. The van der Waals surface area contributed by atoms with E-state index < -0.39 is 10.5 Å². The highest BCUT2D eigenvalue weighted by molar-refractivity contribution is 5.76. The first-order valence-electron chi connectivity index (χ1n) is 7.63. The summed E-state index contributed by atoms with van der Waals surface area (Å²) in [6.45, 7) is 4.47. The van der Waals surface area contributed by atoms with E-state index >= 15 is 0 Å². The lowest BCUT2D eigenvalue weighted by Crippen LogP contribution is -2.40. The fourth-order valence-corrected chi connectivity index (χ4v) is 2.27. The topological polar surface area (TPSA) is 98.3 Å². The number of hydrogen-bond donors (Lipinski definition) is 2. The Morgan fingerprint density at radius 1 is 1.18 bits per heavy atom. The van der Waals surface area contributed by atoms with E-state index in [9.17, 15) is 14.9 Å². The summed E-state index contributed by atoms with van der Waals surface area (Å²) in [6, 6.07) is 6.27. The number of non-ortho nitro benzene ring substituents is 1. The Kier molecular flexibility index (Phi) is 6.98. The smallest absolute Gasteiger partial charge is 0.269 e. The maximum absolute atomic E-state index is 12.0. The molecule has 0 spiro atoms. The number of nitro benzene ring substituents is 1. The van der Waals surface area contributed by atoms with E-state index in [1.165, 1.54) is 12.1 Å². The lowest BCUT2D eigenvalue weighted by atomic mass is 9.93. The van der Waals surface area contributed by atoms with Crippen molar-refractivity contribution >= 4 is 11.6 Å². The zero-order valence-electron chi connectivity index (χ0n) is 13.3.